The maximum atomic E-state index is 13.4. The Morgan fingerprint density at radius 1 is 1.41 bits per heavy atom. The third kappa shape index (κ3) is 2.01. The number of H-pyrrole nitrogens is 1. The Hall–Kier alpha value is -2.24. The number of hydrogen-bond donors (Lipinski definition) is 2. The molecule has 0 bridgehead atoms. The lowest BCUT2D eigenvalue weighted by atomic mass is 10.2. The number of benzene rings is 1. The van der Waals surface area contributed by atoms with E-state index in [4.69, 9.17) is 5.11 Å². The molecule has 2 rings (SSSR count). The first-order valence-corrected chi connectivity index (χ1v) is 4.74. The SMILES string of the molecule is Cc1[nH]c(-c2cc(F)ccc2F)nc1C(=O)O. The molecule has 0 unspecified atom stereocenters. The van der Waals surface area contributed by atoms with Crippen LogP contribution in [0.25, 0.3) is 11.4 Å². The van der Waals surface area contributed by atoms with E-state index in [1.807, 2.05) is 0 Å². The van der Waals surface area contributed by atoms with Crippen molar-refractivity contribution in [1.82, 2.24) is 9.97 Å². The van der Waals surface area contributed by atoms with Gasteiger partial charge >= 0.3 is 5.97 Å². The van der Waals surface area contributed by atoms with E-state index in [-0.39, 0.29) is 22.8 Å². The van der Waals surface area contributed by atoms with Gasteiger partial charge in [0.05, 0.1) is 5.56 Å². The van der Waals surface area contributed by atoms with Crippen LogP contribution in [0.4, 0.5) is 8.78 Å². The summed E-state index contributed by atoms with van der Waals surface area (Å²) >= 11 is 0. The summed E-state index contributed by atoms with van der Waals surface area (Å²) in [5.74, 6) is -2.51. The molecule has 88 valence electrons. The molecule has 1 aromatic heterocycles. The van der Waals surface area contributed by atoms with Crippen LogP contribution in [0.2, 0.25) is 0 Å². The predicted molar refractivity (Wildman–Crippen MR) is 55.6 cm³/mol. The first-order chi connectivity index (χ1) is 7.99. The van der Waals surface area contributed by atoms with Crippen molar-refractivity contribution in [2.24, 2.45) is 0 Å². The zero-order valence-corrected chi connectivity index (χ0v) is 8.79. The van der Waals surface area contributed by atoms with Gasteiger partial charge in [-0.15, -0.1) is 0 Å². The third-order valence-electron chi connectivity index (χ3n) is 2.27. The number of nitrogens with one attached hydrogen (secondary N) is 1. The third-order valence-corrected chi connectivity index (χ3v) is 2.27. The Bertz CT molecular complexity index is 593. The van der Waals surface area contributed by atoms with E-state index in [9.17, 15) is 13.6 Å². The molecule has 0 saturated heterocycles. The van der Waals surface area contributed by atoms with Crippen molar-refractivity contribution in [3.8, 4) is 11.4 Å². The van der Waals surface area contributed by atoms with Crippen molar-refractivity contribution in [2.75, 3.05) is 0 Å². The number of aryl methyl sites for hydroxylation is 1. The zero-order chi connectivity index (χ0) is 12.6. The average molecular weight is 238 g/mol. The molecule has 0 spiro atoms. The number of carboxylic acid groups (broad SMARTS) is 1. The standard InChI is InChI=1S/C11H8F2N2O2/c1-5-9(11(16)17)15-10(14-5)7-4-6(12)2-3-8(7)13/h2-4H,1H3,(H,14,15)(H,16,17). The molecule has 17 heavy (non-hydrogen) atoms. The van der Waals surface area contributed by atoms with Crippen LogP contribution in [0.5, 0.6) is 0 Å². The van der Waals surface area contributed by atoms with Crippen molar-refractivity contribution in [2.45, 2.75) is 6.92 Å². The largest absolute Gasteiger partial charge is 0.476 e. The summed E-state index contributed by atoms with van der Waals surface area (Å²) in [5, 5.41) is 8.80. The van der Waals surface area contributed by atoms with Gasteiger partial charge in [0.1, 0.15) is 17.5 Å². The van der Waals surface area contributed by atoms with E-state index < -0.39 is 17.6 Å². The summed E-state index contributed by atoms with van der Waals surface area (Å²) in [6.45, 7) is 1.50. The maximum absolute atomic E-state index is 13.4. The molecule has 2 N–H and O–H groups in total. The normalized spacial score (nSPS) is 10.5. The van der Waals surface area contributed by atoms with Gasteiger partial charge < -0.3 is 10.1 Å². The van der Waals surface area contributed by atoms with Gasteiger partial charge in [-0.05, 0) is 25.1 Å². The highest BCUT2D eigenvalue weighted by molar-refractivity contribution is 5.87. The summed E-state index contributed by atoms with van der Waals surface area (Å²) in [4.78, 5) is 17.1. The highest BCUT2D eigenvalue weighted by atomic mass is 19.1. The van der Waals surface area contributed by atoms with Crippen LogP contribution in [0.15, 0.2) is 18.2 Å². The fraction of sp³-hybridized carbons (Fsp3) is 0.0909. The number of hydrogen-bond acceptors (Lipinski definition) is 2. The van der Waals surface area contributed by atoms with Gasteiger partial charge in [0.25, 0.3) is 0 Å². The molecule has 0 atom stereocenters. The van der Waals surface area contributed by atoms with Crippen LogP contribution in [-0.4, -0.2) is 21.0 Å². The van der Waals surface area contributed by atoms with Crippen LogP contribution >= 0.6 is 0 Å². The van der Waals surface area contributed by atoms with Crippen molar-refractivity contribution >= 4 is 5.97 Å². The Morgan fingerprint density at radius 2 is 2.12 bits per heavy atom. The number of nitrogens with zero attached hydrogens (tertiary/aromatic N) is 1. The van der Waals surface area contributed by atoms with Gasteiger partial charge in [0.15, 0.2) is 5.69 Å². The fourth-order valence-electron chi connectivity index (χ4n) is 1.48. The van der Waals surface area contributed by atoms with Crippen LogP contribution in [0.1, 0.15) is 16.2 Å². The molecule has 0 radical (unpaired) electrons. The first-order valence-electron chi connectivity index (χ1n) is 4.74. The van der Waals surface area contributed by atoms with Crippen LogP contribution in [-0.2, 0) is 0 Å². The predicted octanol–water partition coefficient (Wildman–Crippen LogP) is 2.36. The van der Waals surface area contributed by atoms with E-state index in [2.05, 4.69) is 9.97 Å². The van der Waals surface area contributed by atoms with E-state index in [1.54, 1.807) is 0 Å². The number of rotatable bonds is 2. The van der Waals surface area contributed by atoms with Gasteiger partial charge in [-0.1, -0.05) is 0 Å². The zero-order valence-electron chi connectivity index (χ0n) is 8.79. The van der Waals surface area contributed by atoms with Gasteiger partial charge in [0, 0.05) is 5.69 Å². The smallest absolute Gasteiger partial charge is 0.356 e. The molecule has 6 heteroatoms. The monoisotopic (exact) mass is 238 g/mol. The topological polar surface area (TPSA) is 66.0 Å². The van der Waals surface area contributed by atoms with Gasteiger partial charge in [-0.3, -0.25) is 0 Å². The van der Waals surface area contributed by atoms with E-state index in [0.717, 1.165) is 18.2 Å². The number of carboxylic acids is 1. The summed E-state index contributed by atoms with van der Waals surface area (Å²) in [6, 6.07) is 2.90. The molecule has 4 nitrogen and oxygen atoms in total. The molecule has 0 aliphatic rings. The number of imidazole rings is 1. The number of aromatic amines is 1. The Kier molecular flexibility index (Phi) is 2.63. The highest BCUT2D eigenvalue weighted by Gasteiger charge is 2.16. The second-order valence-electron chi connectivity index (χ2n) is 3.49. The van der Waals surface area contributed by atoms with Crippen molar-refractivity contribution in [3.05, 3.63) is 41.2 Å². The number of aromatic nitrogens is 2. The highest BCUT2D eigenvalue weighted by Crippen LogP contribution is 2.22. The van der Waals surface area contributed by atoms with Gasteiger partial charge in [-0.2, -0.15) is 0 Å². The molecular formula is C11H8F2N2O2. The quantitative estimate of drug-likeness (QED) is 0.844. The lowest BCUT2D eigenvalue weighted by molar-refractivity contribution is 0.0690. The Morgan fingerprint density at radius 3 is 2.71 bits per heavy atom. The minimum atomic E-state index is -1.22. The number of halogens is 2. The van der Waals surface area contributed by atoms with Crippen LogP contribution in [0.3, 0.4) is 0 Å². The van der Waals surface area contributed by atoms with Crippen LogP contribution < -0.4 is 0 Å². The molecular weight excluding hydrogens is 230 g/mol. The number of aromatic carboxylic acids is 1. The van der Waals surface area contributed by atoms with Gasteiger partial charge in [0.2, 0.25) is 0 Å². The molecule has 0 aliphatic carbocycles. The second kappa shape index (κ2) is 3.97. The Labute approximate surface area is 94.9 Å². The molecule has 1 aromatic carbocycles. The van der Waals surface area contributed by atoms with Crippen LogP contribution in [0, 0.1) is 18.6 Å². The molecule has 0 saturated carbocycles. The minimum Gasteiger partial charge on any atom is -0.476 e. The lowest BCUT2D eigenvalue weighted by Gasteiger charge is -1.98. The summed E-state index contributed by atoms with van der Waals surface area (Å²) in [6.07, 6.45) is 0. The number of carbonyl (C=O) groups is 1. The fourth-order valence-corrected chi connectivity index (χ4v) is 1.48. The van der Waals surface area contributed by atoms with Gasteiger partial charge in [-0.25, -0.2) is 18.6 Å². The lowest BCUT2D eigenvalue weighted by Crippen LogP contribution is -1.98. The molecule has 0 fully saturated rings. The van der Waals surface area contributed by atoms with Crippen molar-refractivity contribution in [1.29, 1.82) is 0 Å². The molecule has 2 aromatic rings. The van der Waals surface area contributed by atoms with Crippen molar-refractivity contribution in [3.63, 3.8) is 0 Å². The minimum absolute atomic E-state index is 0.00287. The maximum Gasteiger partial charge on any atom is 0.356 e. The molecule has 1 heterocycles. The molecule has 0 aliphatic heterocycles. The first kappa shape index (κ1) is 11.3. The second-order valence-corrected chi connectivity index (χ2v) is 3.49. The van der Waals surface area contributed by atoms with E-state index in [0.29, 0.717) is 0 Å². The van der Waals surface area contributed by atoms with E-state index in [1.165, 1.54) is 6.92 Å². The van der Waals surface area contributed by atoms with E-state index >= 15 is 0 Å². The summed E-state index contributed by atoms with van der Waals surface area (Å²) in [7, 11) is 0. The summed E-state index contributed by atoms with van der Waals surface area (Å²) < 4.78 is 26.4. The Balaban J connectivity index is 2.57. The summed E-state index contributed by atoms with van der Waals surface area (Å²) in [5.41, 5.74) is -0.0135. The average Bonchev–Trinajstić information content (AvgIpc) is 2.64. The molecule has 0 amide bonds. The van der Waals surface area contributed by atoms with Crippen molar-refractivity contribution < 1.29 is 18.7 Å².